The molecule has 1 N–H and O–H groups in total. The van der Waals surface area contributed by atoms with E-state index in [4.69, 9.17) is 4.98 Å². The first-order valence-electron chi connectivity index (χ1n) is 9.82. The predicted molar refractivity (Wildman–Crippen MR) is 109 cm³/mol. The Labute approximate surface area is 162 Å². The number of pyridine rings is 2. The fourth-order valence-electron chi connectivity index (χ4n) is 3.86. The number of benzene rings is 1. The van der Waals surface area contributed by atoms with Gasteiger partial charge in [0.2, 0.25) is 5.56 Å². The second kappa shape index (κ2) is 6.78. The molecule has 1 aliphatic heterocycles. The second-order valence-corrected chi connectivity index (χ2v) is 7.60. The number of nitrogens with one attached hydrogen (secondary N) is 1. The van der Waals surface area contributed by atoms with Gasteiger partial charge in [0.15, 0.2) is 0 Å². The van der Waals surface area contributed by atoms with Gasteiger partial charge in [0.1, 0.15) is 5.82 Å². The van der Waals surface area contributed by atoms with Crippen LogP contribution in [-0.4, -0.2) is 47.0 Å². The third kappa shape index (κ3) is 3.26. The van der Waals surface area contributed by atoms with Gasteiger partial charge in [0, 0.05) is 48.9 Å². The summed E-state index contributed by atoms with van der Waals surface area (Å²) in [7, 11) is 0. The molecule has 142 valence electrons. The first-order valence-corrected chi connectivity index (χ1v) is 9.82. The van der Waals surface area contributed by atoms with Crippen molar-refractivity contribution in [3.05, 3.63) is 70.1 Å². The summed E-state index contributed by atoms with van der Waals surface area (Å²) in [6, 6.07) is 15.5. The van der Waals surface area contributed by atoms with E-state index in [0.29, 0.717) is 24.6 Å². The van der Waals surface area contributed by atoms with Crippen LogP contribution in [0.5, 0.6) is 0 Å². The highest BCUT2D eigenvalue weighted by atomic mass is 16.2. The lowest BCUT2D eigenvalue weighted by atomic mass is 10.1. The number of carbonyl (C=O) groups excluding carboxylic acids is 1. The molecule has 1 aliphatic carbocycles. The van der Waals surface area contributed by atoms with Crippen molar-refractivity contribution in [2.75, 3.05) is 31.1 Å². The van der Waals surface area contributed by atoms with Gasteiger partial charge in [-0.1, -0.05) is 18.2 Å². The van der Waals surface area contributed by atoms with E-state index in [0.717, 1.165) is 48.3 Å². The lowest BCUT2D eigenvalue weighted by Crippen LogP contribution is -2.49. The second-order valence-electron chi connectivity index (χ2n) is 7.60. The molecule has 0 atom stereocenters. The number of H-pyrrole nitrogens is 1. The molecule has 1 amide bonds. The van der Waals surface area contributed by atoms with Crippen molar-refractivity contribution in [3.8, 4) is 0 Å². The Hall–Kier alpha value is -3.15. The number of carbonyl (C=O) groups is 1. The van der Waals surface area contributed by atoms with E-state index in [-0.39, 0.29) is 11.5 Å². The van der Waals surface area contributed by atoms with E-state index in [9.17, 15) is 9.59 Å². The Morgan fingerprint density at radius 1 is 1.00 bits per heavy atom. The SMILES string of the molecule is O=C(c1cc(C2CC2)[nH]c(=O)c1)N1CCN(c2ccc3ccccc3n2)CC1. The number of fused-ring (bicyclic) bond motifs is 1. The summed E-state index contributed by atoms with van der Waals surface area (Å²) >= 11 is 0. The Morgan fingerprint density at radius 2 is 1.79 bits per heavy atom. The lowest BCUT2D eigenvalue weighted by Gasteiger charge is -2.35. The van der Waals surface area contributed by atoms with Gasteiger partial charge in [-0.05, 0) is 43.0 Å². The highest BCUT2D eigenvalue weighted by Crippen LogP contribution is 2.38. The van der Waals surface area contributed by atoms with Crippen LogP contribution in [0.4, 0.5) is 5.82 Å². The zero-order valence-corrected chi connectivity index (χ0v) is 15.6. The Morgan fingerprint density at radius 3 is 2.57 bits per heavy atom. The van der Waals surface area contributed by atoms with E-state index >= 15 is 0 Å². The van der Waals surface area contributed by atoms with Crippen molar-refractivity contribution >= 4 is 22.6 Å². The van der Waals surface area contributed by atoms with Gasteiger partial charge in [0.05, 0.1) is 5.52 Å². The summed E-state index contributed by atoms with van der Waals surface area (Å²) in [6.07, 6.45) is 2.18. The van der Waals surface area contributed by atoms with Gasteiger partial charge in [-0.3, -0.25) is 9.59 Å². The molecule has 28 heavy (non-hydrogen) atoms. The van der Waals surface area contributed by atoms with Gasteiger partial charge in [-0.2, -0.15) is 0 Å². The maximum absolute atomic E-state index is 12.9. The van der Waals surface area contributed by atoms with Crippen molar-refractivity contribution in [2.45, 2.75) is 18.8 Å². The highest BCUT2D eigenvalue weighted by Gasteiger charge is 2.27. The molecule has 1 saturated heterocycles. The molecule has 0 bridgehead atoms. The number of piperazine rings is 1. The highest BCUT2D eigenvalue weighted by molar-refractivity contribution is 5.94. The molecule has 0 unspecified atom stereocenters. The first-order chi connectivity index (χ1) is 13.7. The van der Waals surface area contributed by atoms with Crippen LogP contribution in [0.1, 0.15) is 34.8 Å². The molecular formula is C22H22N4O2. The molecule has 3 heterocycles. The molecular weight excluding hydrogens is 352 g/mol. The Bertz CT molecular complexity index is 1090. The third-order valence-corrected chi connectivity index (χ3v) is 5.60. The molecule has 2 aliphatic rings. The van der Waals surface area contributed by atoms with Crippen molar-refractivity contribution in [3.63, 3.8) is 0 Å². The minimum Gasteiger partial charge on any atom is -0.353 e. The van der Waals surface area contributed by atoms with Crippen molar-refractivity contribution in [1.82, 2.24) is 14.9 Å². The zero-order chi connectivity index (χ0) is 19.1. The number of hydrogen-bond acceptors (Lipinski definition) is 4. The normalized spacial score (nSPS) is 17.1. The standard InChI is InChI=1S/C22H22N4O2/c27-21-14-17(13-19(24-21)16-5-6-16)22(28)26-11-9-25(10-12-26)20-8-7-15-3-1-2-4-18(15)23-20/h1-4,7-8,13-14,16H,5-6,9-12H2,(H,24,27). The molecule has 1 aromatic carbocycles. The molecule has 5 rings (SSSR count). The molecule has 2 fully saturated rings. The number of rotatable bonds is 3. The predicted octanol–water partition coefficient (Wildman–Crippen LogP) is 2.76. The van der Waals surface area contributed by atoms with E-state index in [1.807, 2.05) is 35.2 Å². The fraction of sp³-hybridized carbons (Fsp3) is 0.318. The summed E-state index contributed by atoms with van der Waals surface area (Å²) in [5, 5.41) is 1.13. The fourth-order valence-corrected chi connectivity index (χ4v) is 3.86. The minimum absolute atomic E-state index is 0.0564. The molecule has 3 aromatic rings. The summed E-state index contributed by atoms with van der Waals surface area (Å²) in [5.74, 6) is 1.30. The number of anilines is 1. The van der Waals surface area contributed by atoms with Gasteiger partial charge >= 0.3 is 0 Å². The molecule has 6 heteroatoms. The number of amides is 1. The maximum Gasteiger partial charge on any atom is 0.254 e. The van der Waals surface area contributed by atoms with E-state index in [1.54, 1.807) is 0 Å². The molecule has 0 radical (unpaired) electrons. The minimum atomic E-state index is -0.188. The van der Waals surface area contributed by atoms with Crippen LogP contribution in [0, 0.1) is 0 Å². The number of para-hydroxylation sites is 1. The van der Waals surface area contributed by atoms with Gasteiger partial charge in [-0.25, -0.2) is 4.98 Å². The van der Waals surface area contributed by atoms with Gasteiger partial charge in [-0.15, -0.1) is 0 Å². The number of aromatic nitrogens is 2. The van der Waals surface area contributed by atoms with Crippen molar-refractivity contribution < 1.29 is 4.79 Å². The maximum atomic E-state index is 12.9. The smallest absolute Gasteiger partial charge is 0.254 e. The molecule has 2 aromatic heterocycles. The number of hydrogen-bond donors (Lipinski definition) is 1. The van der Waals surface area contributed by atoms with E-state index in [2.05, 4.69) is 22.0 Å². The Balaban J connectivity index is 1.30. The molecule has 1 saturated carbocycles. The quantitative estimate of drug-likeness (QED) is 0.765. The molecule has 6 nitrogen and oxygen atoms in total. The van der Waals surface area contributed by atoms with Crippen LogP contribution in [0.25, 0.3) is 10.9 Å². The lowest BCUT2D eigenvalue weighted by molar-refractivity contribution is 0.0746. The van der Waals surface area contributed by atoms with Crippen molar-refractivity contribution in [1.29, 1.82) is 0 Å². The average molecular weight is 374 g/mol. The van der Waals surface area contributed by atoms with Crippen LogP contribution in [-0.2, 0) is 0 Å². The molecule has 0 spiro atoms. The number of aromatic amines is 1. The monoisotopic (exact) mass is 374 g/mol. The van der Waals surface area contributed by atoms with Crippen LogP contribution < -0.4 is 10.5 Å². The van der Waals surface area contributed by atoms with E-state index in [1.165, 1.54) is 6.07 Å². The summed E-state index contributed by atoms with van der Waals surface area (Å²) in [5.41, 5.74) is 2.19. The summed E-state index contributed by atoms with van der Waals surface area (Å²) in [6.45, 7) is 2.71. The topological polar surface area (TPSA) is 69.3 Å². The summed E-state index contributed by atoms with van der Waals surface area (Å²) in [4.78, 5) is 36.5. The van der Waals surface area contributed by atoms with Crippen LogP contribution >= 0.6 is 0 Å². The van der Waals surface area contributed by atoms with E-state index < -0.39 is 0 Å². The largest absolute Gasteiger partial charge is 0.353 e. The average Bonchev–Trinajstić information content (AvgIpc) is 3.58. The first kappa shape index (κ1) is 17.0. The number of nitrogens with zero attached hydrogens (tertiary/aromatic N) is 3. The van der Waals surface area contributed by atoms with Crippen LogP contribution in [0.3, 0.4) is 0 Å². The van der Waals surface area contributed by atoms with Crippen LogP contribution in [0.2, 0.25) is 0 Å². The van der Waals surface area contributed by atoms with Gasteiger partial charge < -0.3 is 14.8 Å². The van der Waals surface area contributed by atoms with Crippen LogP contribution in [0.15, 0.2) is 53.3 Å². The van der Waals surface area contributed by atoms with Gasteiger partial charge in [0.25, 0.3) is 5.91 Å². The third-order valence-electron chi connectivity index (χ3n) is 5.60. The zero-order valence-electron chi connectivity index (χ0n) is 15.6. The summed E-state index contributed by atoms with van der Waals surface area (Å²) < 4.78 is 0. The Kier molecular flexibility index (Phi) is 4.11. The van der Waals surface area contributed by atoms with Crippen molar-refractivity contribution in [2.24, 2.45) is 0 Å².